The average Bonchev–Trinajstić information content (AvgIpc) is 2.22. The summed E-state index contributed by atoms with van der Waals surface area (Å²) in [6.45, 7) is 0.375. The van der Waals surface area contributed by atoms with Gasteiger partial charge in [0.15, 0.2) is 6.29 Å². The third-order valence-corrected chi connectivity index (χ3v) is 1.44. The van der Waals surface area contributed by atoms with Crippen molar-refractivity contribution in [3.63, 3.8) is 0 Å². The maximum Gasteiger partial charge on any atom is 0.292 e. The number of hydrogen-bond acceptors (Lipinski definition) is 5. The molecule has 0 atom stereocenters. The summed E-state index contributed by atoms with van der Waals surface area (Å²) in [5.41, 5.74) is 6.03. The molecule has 0 unspecified atom stereocenters. The van der Waals surface area contributed by atoms with Crippen molar-refractivity contribution in [2.75, 3.05) is 12.8 Å². The molecule has 76 valence electrons. The van der Waals surface area contributed by atoms with Crippen LogP contribution in [0, 0.1) is 0 Å². The van der Waals surface area contributed by atoms with Crippen LogP contribution < -0.4 is 5.73 Å². The molecule has 0 spiro atoms. The van der Waals surface area contributed by atoms with Crippen LogP contribution in [0.3, 0.4) is 0 Å². The van der Waals surface area contributed by atoms with Crippen molar-refractivity contribution in [1.82, 2.24) is 4.98 Å². The highest BCUT2D eigenvalue weighted by Crippen LogP contribution is 2.15. The highest BCUT2D eigenvalue weighted by molar-refractivity contribution is 6.32. The molecule has 0 amide bonds. The van der Waals surface area contributed by atoms with Crippen LogP contribution in [0.5, 0.6) is 0 Å². The molecular weight excluding hydrogens is 208 g/mol. The Morgan fingerprint density at radius 1 is 1.57 bits per heavy atom. The molecule has 1 heterocycles. The fourth-order valence-corrected chi connectivity index (χ4v) is 0.639. The molecular formula is C8H9ClN2O3. The zero-order valence-corrected chi connectivity index (χ0v) is 8.19. The highest BCUT2D eigenvalue weighted by atomic mass is 35.5. The Bertz CT molecular complexity index is 317. The fraction of sp³-hybridized carbons (Fsp3) is 0.125. The highest BCUT2D eigenvalue weighted by Gasteiger charge is 1.96. The van der Waals surface area contributed by atoms with E-state index in [9.17, 15) is 4.79 Å². The lowest BCUT2D eigenvalue weighted by molar-refractivity contribution is -0.126. The maximum atomic E-state index is 10.1. The smallest absolute Gasteiger partial charge is 0.292 e. The van der Waals surface area contributed by atoms with Crippen LogP contribution in [0.15, 0.2) is 12.3 Å². The van der Waals surface area contributed by atoms with Crippen LogP contribution >= 0.6 is 11.6 Å². The first kappa shape index (κ1) is 12.4. The minimum absolute atomic E-state index is 0.293. The molecule has 0 radical (unpaired) electrons. The minimum Gasteiger partial charge on any atom is -0.471 e. The number of nitrogens with two attached hydrogens (primary N) is 1. The van der Waals surface area contributed by atoms with Crippen LogP contribution in [0.1, 0.15) is 10.5 Å². The molecule has 5 nitrogen and oxygen atoms in total. The number of carbonyl (C=O) groups excluding carboxylic acids is 2. The number of pyridine rings is 1. The number of aromatic nitrogens is 1. The maximum absolute atomic E-state index is 10.1. The van der Waals surface area contributed by atoms with Gasteiger partial charge >= 0.3 is 0 Å². The second-order valence-electron chi connectivity index (χ2n) is 2.08. The second kappa shape index (κ2) is 6.85. The topological polar surface area (TPSA) is 82.3 Å². The van der Waals surface area contributed by atoms with Crippen LogP contribution in [0.4, 0.5) is 5.69 Å². The number of halogens is 1. The van der Waals surface area contributed by atoms with E-state index in [-0.39, 0.29) is 0 Å². The first-order chi connectivity index (χ1) is 6.65. The van der Waals surface area contributed by atoms with E-state index in [1.54, 1.807) is 0 Å². The Hall–Kier alpha value is -1.62. The van der Waals surface area contributed by atoms with Gasteiger partial charge in [-0.25, -0.2) is 0 Å². The predicted octanol–water partition coefficient (Wildman–Crippen LogP) is 0.919. The van der Waals surface area contributed by atoms with Gasteiger partial charge in [0.1, 0.15) is 5.69 Å². The Kier molecular flexibility index (Phi) is 6.06. The van der Waals surface area contributed by atoms with E-state index in [0.717, 1.165) is 0 Å². The summed E-state index contributed by atoms with van der Waals surface area (Å²) < 4.78 is 3.86. The van der Waals surface area contributed by atoms with Crippen molar-refractivity contribution < 1.29 is 14.3 Å². The number of aldehydes is 1. The molecule has 1 aromatic heterocycles. The molecule has 1 rings (SSSR count). The third-order valence-electron chi connectivity index (χ3n) is 1.12. The van der Waals surface area contributed by atoms with Crippen molar-refractivity contribution in [3.8, 4) is 0 Å². The average molecular weight is 217 g/mol. The summed E-state index contributed by atoms with van der Waals surface area (Å²) >= 11 is 5.53. The first-order valence-corrected chi connectivity index (χ1v) is 3.86. The van der Waals surface area contributed by atoms with E-state index in [0.29, 0.717) is 29.2 Å². The lowest BCUT2D eigenvalue weighted by atomic mass is 10.3. The standard InChI is InChI=1S/C6H5ClN2O.C2H4O2/c7-5-2-9-4(3-10)1-6(5)8;1-4-2-3/h1-3H,(H2,8,9);2H,1H3. The molecule has 0 aliphatic carbocycles. The van der Waals surface area contributed by atoms with E-state index < -0.39 is 0 Å². The van der Waals surface area contributed by atoms with Crippen LogP contribution in [0.2, 0.25) is 5.02 Å². The molecule has 14 heavy (non-hydrogen) atoms. The monoisotopic (exact) mass is 216 g/mol. The lowest BCUT2D eigenvalue weighted by Gasteiger charge is -1.95. The zero-order valence-electron chi connectivity index (χ0n) is 7.44. The molecule has 6 heteroatoms. The molecule has 0 aromatic carbocycles. The summed E-state index contributed by atoms with van der Waals surface area (Å²) in [5.74, 6) is 0. The quantitative estimate of drug-likeness (QED) is 0.744. The van der Waals surface area contributed by atoms with Gasteiger partial charge in [0.25, 0.3) is 6.47 Å². The summed E-state index contributed by atoms with van der Waals surface area (Å²) in [6.07, 6.45) is 1.97. The van der Waals surface area contributed by atoms with E-state index in [2.05, 4.69) is 9.72 Å². The zero-order chi connectivity index (χ0) is 11.0. The number of rotatable bonds is 2. The molecule has 0 aliphatic rings. The largest absolute Gasteiger partial charge is 0.471 e. The van der Waals surface area contributed by atoms with Crippen LogP contribution in [-0.4, -0.2) is 24.9 Å². The SMILES string of the molecule is COC=O.Nc1cc(C=O)ncc1Cl. The molecule has 2 N–H and O–H groups in total. The number of ether oxygens (including phenoxy) is 1. The third kappa shape index (κ3) is 4.42. The van der Waals surface area contributed by atoms with Gasteiger partial charge in [-0.1, -0.05) is 11.6 Å². The first-order valence-electron chi connectivity index (χ1n) is 3.48. The van der Waals surface area contributed by atoms with Gasteiger partial charge in [-0.2, -0.15) is 0 Å². The minimum atomic E-state index is 0.293. The number of anilines is 1. The van der Waals surface area contributed by atoms with E-state index in [4.69, 9.17) is 22.1 Å². The normalized spacial score (nSPS) is 8.14. The Morgan fingerprint density at radius 2 is 2.14 bits per heavy atom. The van der Waals surface area contributed by atoms with Gasteiger partial charge < -0.3 is 10.5 Å². The van der Waals surface area contributed by atoms with Crippen molar-refractivity contribution in [3.05, 3.63) is 23.0 Å². The van der Waals surface area contributed by atoms with Gasteiger partial charge in [-0.05, 0) is 6.07 Å². The Morgan fingerprint density at radius 3 is 2.50 bits per heavy atom. The van der Waals surface area contributed by atoms with Gasteiger partial charge in [0, 0.05) is 6.20 Å². The van der Waals surface area contributed by atoms with E-state index in [1.165, 1.54) is 19.4 Å². The van der Waals surface area contributed by atoms with Crippen molar-refractivity contribution in [2.24, 2.45) is 0 Å². The van der Waals surface area contributed by atoms with Gasteiger partial charge in [-0.15, -0.1) is 0 Å². The lowest BCUT2D eigenvalue weighted by Crippen LogP contribution is -1.91. The second-order valence-corrected chi connectivity index (χ2v) is 2.49. The number of nitrogen functional groups attached to an aromatic ring is 1. The van der Waals surface area contributed by atoms with Gasteiger partial charge in [0.05, 0.1) is 17.8 Å². The van der Waals surface area contributed by atoms with Crippen LogP contribution in [-0.2, 0) is 9.53 Å². The molecule has 0 bridgehead atoms. The van der Waals surface area contributed by atoms with Crippen molar-refractivity contribution in [2.45, 2.75) is 0 Å². The molecule has 0 saturated carbocycles. The molecule has 0 aliphatic heterocycles. The fourth-order valence-electron chi connectivity index (χ4n) is 0.536. The molecule has 0 saturated heterocycles. The molecule has 0 fully saturated rings. The van der Waals surface area contributed by atoms with Gasteiger partial charge in [0.2, 0.25) is 0 Å². The van der Waals surface area contributed by atoms with Crippen molar-refractivity contribution >= 4 is 30.0 Å². The number of nitrogens with zero attached hydrogens (tertiary/aromatic N) is 1. The number of methoxy groups -OCH3 is 1. The summed E-state index contributed by atoms with van der Waals surface area (Å²) in [6, 6.07) is 1.43. The summed E-state index contributed by atoms with van der Waals surface area (Å²) in [5, 5.41) is 0.366. The van der Waals surface area contributed by atoms with Crippen LogP contribution in [0.25, 0.3) is 0 Å². The molecule has 1 aromatic rings. The summed E-state index contributed by atoms with van der Waals surface area (Å²) in [4.78, 5) is 22.7. The van der Waals surface area contributed by atoms with E-state index >= 15 is 0 Å². The van der Waals surface area contributed by atoms with Gasteiger partial charge in [-0.3, -0.25) is 14.6 Å². The summed E-state index contributed by atoms with van der Waals surface area (Å²) in [7, 11) is 1.31. The number of carbonyl (C=O) groups is 2. The van der Waals surface area contributed by atoms with E-state index in [1.807, 2.05) is 0 Å². The Balaban J connectivity index is 0.000000364. The van der Waals surface area contributed by atoms with Crippen molar-refractivity contribution in [1.29, 1.82) is 0 Å². The predicted molar refractivity (Wildman–Crippen MR) is 52.1 cm³/mol. The number of hydrogen-bond donors (Lipinski definition) is 1. The Labute approximate surface area is 85.8 Å².